The van der Waals surface area contributed by atoms with E-state index in [0.29, 0.717) is 31.5 Å². The number of aromatic nitrogens is 4. The van der Waals surface area contributed by atoms with Crippen LogP contribution in [0.2, 0.25) is 0 Å². The highest BCUT2D eigenvalue weighted by atomic mass is 19.4. The predicted molar refractivity (Wildman–Crippen MR) is 99.0 cm³/mol. The third kappa shape index (κ3) is 4.43. The van der Waals surface area contributed by atoms with Crippen molar-refractivity contribution in [2.24, 2.45) is 0 Å². The van der Waals surface area contributed by atoms with Crippen molar-refractivity contribution >= 4 is 11.9 Å². The van der Waals surface area contributed by atoms with Gasteiger partial charge in [-0.15, -0.1) is 0 Å². The van der Waals surface area contributed by atoms with Crippen LogP contribution < -0.4 is 9.64 Å². The summed E-state index contributed by atoms with van der Waals surface area (Å²) in [5.74, 6) is 0.280. The number of rotatable bonds is 5. The zero-order chi connectivity index (χ0) is 21.2. The SMILES string of the molecule is CCOc1cc(C)nc(N2CCN(C(=O)c3cnn(CC)c3C(F)(F)F)CC2)n1. The number of anilines is 1. The van der Waals surface area contributed by atoms with Gasteiger partial charge in [0.05, 0.1) is 18.4 Å². The van der Waals surface area contributed by atoms with Crippen LogP contribution in [0.15, 0.2) is 12.3 Å². The smallest absolute Gasteiger partial charge is 0.433 e. The minimum absolute atomic E-state index is 0.0305. The first-order valence-electron chi connectivity index (χ1n) is 9.40. The van der Waals surface area contributed by atoms with Gasteiger partial charge in [-0.1, -0.05) is 0 Å². The molecule has 2 aromatic rings. The summed E-state index contributed by atoms with van der Waals surface area (Å²) in [6.45, 7) is 7.08. The number of carbonyl (C=O) groups is 1. The zero-order valence-corrected chi connectivity index (χ0v) is 16.5. The molecule has 1 fully saturated rings. The summed E-state index contributed by atoms with van der Waals surface area (Å²) in [6, 6.07) is 1.73. The molecule has 29 heavy (non-hydrogen) atoms. The second kappa shape index (κ2) is 8.26. The third-order valence-electron chi connectivity index (χ3n) is 4.60. The van der Waals surface area contributed by atoms with Crippen molar-refractivity contribution in [1.82, 2.24) is 24.6 Å². The van der Waals surface area contributed by atoms with Crippen molar-refractivity contribution in [3.63, 3.8) is 0 Å². The first kappa shape index (κ1) is 20.9. The molecule has 1 aliphatic heterocycles. The molecule has 3 rings (SSSR count). The second-order valence-corrected chi connectivity index (χ2v) is 6.58. The first-order chi connectivity index (χ1) is 13.7. The molecule has 0 unspecified atom stereocenters. The van der Waals surface area contributed by atoms with Crippen LogP contribution in [-0.4, -0.2) is 63.3 Å². The lowest BCUT2D eigenvalue weighted by Crippen LogP contribution is -2.49. The van der Waals surface area contributed by atoms with Crippen molar-refractivity contribution in [1.29, 1.82) is 0 Å². The number of alkyl halides is 3. The Morgan fingerprint density at radius 3 is 2.45 bits per heavy atom. The highest BCUT2D eigenvalue weighted by molar-refractivity contribution is 5.95. The summed E-state index contributed by atoms with van der Waals surface area (Å²) in [6.07, 6.45) is -3.65. The van der Waals surface area contributed by atoms with Gasteiger partial charge in [-0.3, -0.25) is 9.48 Å². The summed E-state index contributed by atoms with van der Waals surface area (Å²) in [5, 5.41) is 3.72. The van der Waals surface area contributed by atoms with E-state index < -0.39 is 23.3 Å². The number of amides is 1. The van der Waals surface area contributed by atoms with E-state index in [-0.39, 0.29) is 19.6 Å². The molecular formula is C18H23F3N6O2. The topological polar surface area (TPSA) is 76.4 Å². The highest BCUT2D eigenvalue weighted by Crippen LogP contribution is 2.32. The van der Waals surface area contributed by atoms with Gasteiger partial charge in [0.1, 0.15) is 0 Å². The van der Waals surface area contributed by atoms with Gasteiger partial charge in [0.2, 0.25) is 11.8 Å². The number of piperazine rings is 1. The maximum atomic E-state index is 13.4. The molecule has 0 saturated carbocycles. The monoisotopic (exact) mass is 412 g/mol. The fourth-order valence-corrected chi connectivity index (χ4v) is 3.25. The van der Waals surface area contributed by atoms with Gasteiger partial charge in [0, 0.05) is 44.5 Å². The molecular weight excluding hydrogens is 389 g/mol. The normalized spacial score (nSPS) is 15.0. The molecule has 0 bridgehead atoms. The molecule has 1 amide bonds. The molecule has 0 spiro atoms. The number of halogens is 3. The Morgan fingerprint density at radius 1 is 1.17 bits per heavy atom. The average molecular weight is 412 g/mol. The van der Waals surface area contributed by atoms with Crippen LogP contribution in [-0.2, 0) is 12.7 Å². The van der Waals surface area contributed by atoms with Crippen molar-refractivity contribution < 1.29 is 22.7 Å². The summed E-state index contributed by atoms with van der Waals surface area (Å²) in [5.41, 5.74) is -0.673. The average Bonchev–Trinajstić information content (AvgIpc) is 3.12. The van der Waals surface area contributed by atoms with Gasteiger partial charge < -0.3 is 14.5 Å². The molecule has 3 heterocycles. The molecule has 158 valence electrons. The second-order valence-electron chi connectivity index (χ2n) is 6.58. The minimum atomic E-state index is -4.65. The number of nitrogens with zero attached hydrogens (tertiary/aromatic N) is 6. The van der Waals surface area contributed by atoms with Crippen LogP contribution in [0.3, 0.4) is 0 Å². The van der Waals surface area contributed by atoms with Crippen molar-refractivity contribution in [2.75, 3.05) is 37.7 Å². The summed E-state index contributed by atoms with van der Waals surface area (Å²) < 4.78 is 46.5. The fraction of sp³-hybridized carbons (Fsp3) is 0.556. The maximum Gasteiger partial charge on any atom is 0.433 e. The number of ether oxygens (including phenoxy) is 1. The van der Waals surface area contributed by atoms with Crippen molar-refractivity contribution in [3.05, 3.63) is 29.2 Å². The minimum Gasteiger partial charge on any atom is -0.478 e. The van der Waals surface area contributed by atoms with Crippen molar-refractivity contribution in [3.8, 4) is 5.88 Å². The Bertz CT molecular complexity index is 875. The summed E-state index contributed by atoms with van der Waals surface area (Å²) in [7, 11) is 0. The van der Waals surface area contributed by atoms with Gasteiger partial charge in [-0.25, -0.2) is 4.98 Å². The Hall–Kier alpha value is -2.85. The lowest BCUT2D eigenvalue weighted by molar-refractivity contribution is -0.144. The molecule has 1 saturated heterocycles. The number of hydrogen-bond donors (Lipinski definition) is 0. The van der Waals surface area contributed by atoms with Crippen LogP contribution in [0.25, 0.3) is 0 Å². The Balaban J connectivity index is 1.73. The molecule has 2 aromatic heterocycles. The van der Waals surface area contributed by atoms with E-state index in [1.165, 1.54) is 4.90 Å². The Morgan fingerprint density at radius 2 is 1.86 bits per heavy atom. The van der Waals surface area contributed by atoms with E-state index in [4.69, 9.17) is 4.74 Å². The molecule has 0 aliphatic carbocycles. The number of hydrogen-bond acceptors (Lipinski definition) is 6. The van der Waals surface area contributed by atoms with Crippen LogP contribution in [0, 0.1) is 6.92 Å². The van der Waals surface area contributed by atoms with E-state index in [1.807, 2.05) is 18.7 Å². The summed E-state index contributed by atoms with van der Waals surface area (Å²) in [4.78, 5) is 24.8. The van der Waals surface area contributed by atoms with E-state index in [1.54, 1.807) is 13.0 Å². The molecule has 0 N–H and O–H groups in total. The van der Waals surface area contributed by atoms with Gasteiger partial charge >= 0.3 is 6.18 Å². The quantitative estimate of drug-likeness (QED) is 0.751. The van der Waals surface area contributed by atoms with E-state index in [0.717, 1.165) is 16.6 Å². The molecule has 0 radical (unpaired) electrons. The maximum absolute atomic E-state index is 13.4. The van der Waals surface area contributed by atoms with Crippen molar-refractivity contribution in [2.45, 2.75) is 33.5 Å². The number of carbonyl (C=O) groups excluding carboxylic acids is 1. The highest BCUT2D eigenvalue weighted by Gasteiger charge is 2.41. The molecule has 8 nitrogen and oxygen atoms in total. The van der Waals surface area contributed by atoms with Gasteiger partial charge in [0.25, 0.3) is 5.91 Å². The van der Waals surface area contributed by atoms with Gasteiger partial charge in [-0.2, -0.15) is 23.3 Å². The zero-order valence-electron chi connectivity index (χ0n) is 16.5. The van der Waals surface area contributed by atoms with Gasteiger partial charge in [0.15, 0.2) is 5.69 Å². The lowest BCUT2D eigenvalue weighted by Gasteiger charge is -2.35. The van der Waals surface area contributed by atoms with E-state index in [2.05, 4.69) is 15.1 Å². The fourth-order valence-electron chi connectivity index (χ4n) is 3.25. The van der Waals surface area contributed by atoms with Crippen LogP contribution in [0.4, 0.5) is 19.1 Å². The van der Waals surface area contributed by atoms with Gasteiger partial charge in [-0.05, 0) is 20.8 Å². The molecule has 0 aromatic carbocycles. The predicted octanol–water partition coefficient (Wildman–Crippen LogP) is 2.38. The van der Waals surface area contributed by atoms with Crippen LogP contribution in [0.1, 0.15) is 35.6 Å². The van der Waals surface area contributed by atoms with E-state index >= 15 is 0 Å². The lowest BCUT2D eigenvalue weighted by atomic mass is 10.2. The molecule has 11 heteroatoms. The van der Waals surface area contributed by atoms with Crippen LogP contribution in [0.5, 0.6) is 5.88 Å². The Labute approximate surface area is 166 Å². The van der Waals surface area contributed by atoms with E-state index in [9.17, 15) is 18.0 Å². The largest absolute Gasteiger partial charge is 0.478 e. The number of aryl methyl sites for hydroxylation is 2. The molecule has 1 aliphatic rings. The Kier molecular flexibility index (Phi) is 5.94. The molecule has 0 atom stereocenters. The van der Waals surface area contributed by atoms with Crippen LogP contribution >= 0.6 is 0 Å². The summed E-state index contributed by atoms with van der Waals surface area (Å²) >= 11 is 0. The first-order valence-corrected chi connectivity index (χ1v) is 9.40. The standard InChI is InChI=1S/C18H23F3N6O2/c1-4-27-15(18(19,20)21)13(11-22-27)16(28)25-6-8-26(9-7-25)17-23-12(3)10-14(24-17)29-5-2/h10-11H,4-9H2,1-3H3. The third-order valence-corrected chi connectivity index (χ3v) is 4.60.